The van der Waals surface area contributed by atoms with Gasteiger partial charge in [0.25, 0.3) is 0 Å². The zero-order chi connectivity index (χ0) is 14.0. The zero-order valence-corrected chi connectivity index (χ0v) is 11.6. The van der Waals surface area contributed by atoms with Gasteiger partial charge in [0.1, 0.15) is 12.4 Å². The summed E-state index contributed by atoms with van der Waals surface area (Å²) in [6, 6.07) is 17.9. The average molecular weight is 271 g/mol. The number of hydrogen-bond acceptors (Lipinski definition) is 3. The van der Waals surface area contributed by atoms with Gasteiger partial charge in [-0.25, -0.2) is 0 Å². The minimum absolute atomic E-state index is 0.471. The monoisotopic (exact) mass is 271 g/mol. The molecule has 20 heavy (non-hydrogen) atoms. The van der Waals surface area contributed by atoms with Gasteiger partial charge in [-0.2, -0.15) is 0 Å². The highest BCUT2D eigenvalue weighted by Crippen LogP contribution is 2.12. The van der Waals surface area contributed by atoms with E-state index >= 15 is 0 Å². The summed E-state index contributed by atoms with van der Waals surface area (Å²) in [5, 5.41) is 0. The van der Waals surface area contributed by atoms with Gasteiger partial charge in [0.2, 0.25) is 0 Å². The van der Waals surface area contributed by atoms with Crippen LogP contribution < -0.4 is 4.74 Å². The van der Waals surface area contributed by atoms with E-state index in [1.807, 2.05) is 54.6 Å². The molecule has 0 bridgehead atoms. The maximum absolute atomic E-state index is 5.51. The minimum Gasteiger partial charge on any atom is -0.497 e. The smallest absolute Gasteiger partial charge is 0.118 e. The van der Waals surface area contributed by atoms with Gasteiger partial charge in [-0.1, -0.05) is 42.5 Å². The lowest BCUT2D eigenvalue weighted by Gasteiger charge is -2.06. The molecule has 3 heteroatoms. The number of ether oxygens (including phenoxy) is 3. The van der Waals surface area contributed by atoms with Gasteiger partial charge in [-0.15, -0.1) is 0 Å². The summed E-state index contributed by atoms with van der Waals surface area (Å²) in [6.45, 7) is 3.30. The van der Waals surface area contributed by atoms with Crippen molar-refractivity contribution in [2.24, 2.45) is 0 Å². The third kappa shape index (κ3) is 5.03. The fourth-order valence-corrected chi connectivity index (χ4v) is 1.72. The first kappa shape index (κ1) is 14.6. The fraction of sp³-hybridized carbons (Fsp3) is 0.235. The molecule has 2 rings (SSSR count). The third-order valence-electron chi connectivity index (χ3n) is 2.82. The molecule has 0 saturated heterocycles. The van der Waals surface area contributed by atoms with Crippen LogP contribution in [0.4, 0.5) is 0 Å². The van der Waals surface area contributed by atoms with E-state index in [9.17, 15) is 0 Å². The Hall–Kier alpha value is -1.84. The van der Waals surface area contributed by atoms with E-state index in [-0.39, 0.29) is 0 Å². The Morgan fingerprint density at radius 2 is 1.55 bits per heavy atom. The van der Waals surface area contributed by atoms with Crippen molar-refractivity contribution in [3.05, 3.63) is 72.3 Å². The second-order valence-corrected chi connectivity index (χ2v) is 4.33. The third-order valence-corrected chi connectivity index (χ3v) is 2.82. The molecule has 0 aromatic heterocycles. The van der Waals surface area contributed by atoms with Crippen molar-refractivity contribution in [3.8, 4) is 5.75 Å². The number of benzene rings is 2. The highest BCUT2D eigenvalue weighted by molar-refractivity contribution is 5.26. The lowest BCUT2D eigenvalue weighted by molar-refractivity contribution is 0.0762. The molecule has 0 N–H and O–H groups in total. The van der Waals surface area contributed by atoms with E-state index in [0.29, 0.717) is 19.8 Å². The molecule has 2 aromatic carbocycles. The van der Waals surface area contributed by atoms with Crippen molar-refractivity contribution in [1.82, 2.24) is 0 Å². The molecule has 0 saturated carbocycles. The molecule has 0 atom stereocenters. The maximum Gasteiger partial charge on any atom is 0.118 e. The molecule has 0 spiro atoms. The first-order valence-electron chi connectivity index (χ1n) is 6.56. The Kier molecular flexibility index (Phi) is 6.08. The summed E-state index contributed by atoms with van der Waals surface area (Å²) in [5.74, 6) is 0.853. The van der Waals surface area contributed by atoms with Gasteiger partial charge >= 0.3 is 0 Å². The Labute approximate surface area is 120 Å². The van der Waals surface area contributed by atoms with Crippen LogP contribution in [0, 0.1) is 6.61 Å². The molecule has 3 nitrogen and oxygen atoms in total. The second-order valence-electron chi connectivity index (χ2n) is 4.33. The van der Waals surface area contributed by atoms with Crippen LogP contribution in [-0.2, 0) is 22.7 Å². The van der Waals surface area contributed by atoms with Crippen molar-refractivity contribution in [3.63, 3.8) is 0 Å². The summed E-state index contributed by atoms with van der Waals surface area (Å²) < 4.78 is 16.0. The fourth-order valence-electron chi connectivity index (χ4n) is 1.72. The van der Waals surface area contributed by atoms with Crippen molar-refractivity contribution >= 4 is 0 Å². The van der Waals surface area contributed by atoms with E-state index < -0.39 is 0 Å². The predicted octanol–water partition coefficient (Wildman–Crippen LogP) is 3.59. The van der Waals surface area contributed by atoms with Crippen LogP contribution in [0.3, 0.4) is 0 Å². The minimum atomic E-state index is 0.471. The molecular weight excluding hydrogens is 252 g/mol. The largest absolute Gasteiger partial charge is 0.497 e. The van der Waals surface area contributed by atoms with E-state index in [0.717, 1.165) is 16.9 Å². The standard InChI is InChI=1S/C17H19O3/c1-18-17-9-7-16(8-10-17)14-20-12-11-19-13-15-5-3-2-4-6-15/h2-11H,12-14H2,1H3. The highest BCUT2D eigenvalue weighted by Gasteiger charge is 1.96. The van der Waals surface area contributed by atoms with Gasteiger partial charge in [0.15, 0.2) is 0 Å². The van der Waals surface area contributed by atoms with E-state index in [4.69, 9.17) is 14.2 Å². The van der Waals surface area contributed by atoms with Gasteiger partial charge in [-0.3, -0.25) is 0 Å². The van der Waals surface area contributed by atoms with Gasteiger partial charge in [0, 0.05) is 0 Å². The summed E-state index contributed by atoms with van der Waals surface area (Å²) in [6.07, 6.45) is 0. The van der Waals surface area contributed by atoms with Crippen LogP contribution in [0.15, 0.2) is 54.6 Å². The lowest BCUT2D eigenvalue weighted by Crippen LogP contribution is -1.99. The van der Waals surface area contributed by atoms with Gasteiger partial charge < -0.3 is 14.2 Å². The van der Waals surface area contributed by atoms with Crippen LogP contribution in [0.1, 0.15) is 11.1 Å². The molecule has 0 heterocycles. The first-order chi connectivity index (χ1) is 9.88. The zero-order valence-electron chi connectivity index (χ0n) is 11.6. The quantitative estimate of drug-likeness (QED) is 0.687. The molecule has 0 fully saturated rings. The van der Waals surface area contributed by atoms with E-state index in [1.54, 1.807) is 13.7 Å². The molecule has 105 valence electrons. The number of rotatable bonds is 8. The molecule has 1 radical (unpaired) electrons. The SMILES string of the molecule is COc1ccc(COC[CH]OCc2ccccc2)cc1. The van der Waals surface area contributed by atoms with Crippen LogP contribution in [-0.4, -0.2) is 13.7 Å². The summed E-state index contributed by atoms with van der Waals surface area (Å²) >= 11 is 0. The van der Waals surface area contributed by atoms with Crippen LogP contribution >= 0.6 is 0 Å². The van der Waals surface area contributed by atoms with Gasteiger partial charge in [0.05, 0.1) is 26.9 Å². The van der Waals surface area contributed by atoms with Crippen LogP contribution in [0.25, 0.3) is 0 Å². The highest BCUT2D eigenvalue weighted by atomic mass is 16.5. The summed E-state index contributed by atoms with van der Waals surface area (Å²) in [5.41, 5.74) is 2.26. The van der Waals surface area contributed by atoms with Crippen LogP contribution in [0.2, 0.25) is 0 Å². The predicted molar refractivity (Wildman–Crippen MR) is 78.2 cm³/mol. The Bertz CT molecular complexity index is 479. The molecule has 0 amide bonds. The number of methoxy groups -OCH3 is 1. The Balaban J connectivity index is 1.57. The Morgan fingerprint density at radius 1 is 0.850 bits per heavy atom. The van der Waals surface area contributed by atoms with Crippen LogP contribution in [0.5, 0.6) is 5.75 Å². The molecular formula is C17H19O3. The normalized spacial score (nSPS) is 10.4. The van der Waals surface area contributed by atoms with E-state index in [2.05, 4.69) is 0 Å². The average Bonchev–Trinajstić information content (AvgIpc) is 2.52. The topological polar surface area (TPSA) is 27.7 Å². The number of hydrogen-bond donors (Lipinski definition) is 0. The molecule has 0 aliphatic carbocycles. The Morgan fingerprint density at radius 3 is 2.25 bits per heavy atom. The van der Waals surface area contributed by atoms with Crippen molar-refractivity contribution in [1.29, 1.82) is 0 Å². The van der Waals surface area contributed by atoms with Crippen molar-refractivity contribution in [2.45, 2.75) is 13.2 Å². The van der Waals surface area contributed by atoms with E-state index in [1.165, 1.54) is 0 Å². The molecule has 0 unspecified atom stereocenters. The van der Waals surface area contributed by atoms with Crippen molar-refractivity contribution in [2.75, 3.05) is 13.7 Å². The molecule has 0 aliphatic heterocycles. The first-order valence-corrected chi connectivity index (χ1v) is 6.56. The second kappa shape index (κ2) is 8.35. The molecule has 2 aromatic rings. The molecule has 0 aliphatic rings. The van der Waals surface area contributed by atoms with Gasteiger partial charge in [-0.05, 0) is 23.3 Å². The summed E-state index contributed by atoms with van der Waals surface area (Å²) in [7, 11) is 1.66. The maximum atomic E-state index is 5.51. The lowest BCUT2D eigenvalue weighted by atomic mass is 10.2. The van der Waals surface area contributed by atoms with Crippen molar-refractivity contribution < 1.29 is 14.2 Å². The summed E-state index contributed by atoms with van der Waals surface area (Å²) in [4.78, 5) is 0.